The molecule has 1 saturated heterocycles. The highest BCUT2D eigenvalue weighted by molar-refractivity contribution is 5.88. The first-order valence-electron chi connectivity index (χ1n) is 7.06. The lowest BCUT2D eigenvalue weighted by Crippen LogP contribution is -2.61. The van der Waals surface area contributed by atoms with Crippen LogP contribution in [-0.2, 0) is 9.53 Å². The van der Waals surface area contributed by atoms with Crippen LogP contribution in [0, 0.1) is 0 Å². The third kappa shape index (κ3) is 2.87. The second-order valence-electron chi connectivity index (χ2n) is 5.33. The number of aliphatic hydroxyl groups is 3. The number of aliphatic hydroxyl groups excluding tert-OH is 3. The van der Waals surface area contributed by atoms with Gasteiger partial charge in [0.25, 0.3) is 0 Å². The molecule has 5 atom stereocenters. The fourth-order valence-electron chi connectivity index (χ4n) is 2.57. The van der Waals surface area contributed by atoms with Gasteiger partial charge >= 0.3 is 5.97 Å². The van der Waals surface area contributed by atoms with E-state index in [0.29, 0.717) is 5.75 Å². The fraction of sp³-hybridized carbons (Fsp3) is 0.312. The quantitative estimate of drug-likeness (QED) is 0.634. The van der Waals surface area contributed by atoms with E-state index in [1.165, 1.54) is 0 Å². The summed E-state index contributed by atoms with van der Waals surface area (Å²) in [5.74, 6) is -1.07. The molecule has 0 radical (unpaired) electrons. The number of carbonyl (C=O) groups is 1. The molecule has 2 aromatic rings. The molecule has 4 N–H and O–H groups in total. The lowest BCUT2D eigenvalue weighted by molar-refractivity contribution is -0.270. The number of aliphatic carboxylic acids is 1. The molecule has 0 unspecified atom stereocenters. The van der Waals surface area contributed by atoms with E-state index in [4.69, 9.17) is 14.6 Å². The van der Waals surface area contributed by atoms with E-state index >= 15 is 0 Å². The predicted octanol–water partition coefficient (Wildman–Crippen LogP) is 0.111. The van der Waals surface area contributed by atoms with Gasteiger partial charge in [-0.25, -0.2) is 4.79 Å². The minimum Gasteiger partial charge on any atom is -0.479 e. The Balaban J connectivity index is 1.90. The number of carboxylic acid groups (broad SMARTS) is 1. The molecule has 1 aliphatic heterocycles. The number of hydrogen-bond acceptors (Lipinski definition) is 6. The van der Waals surface area contributed by atoms with Gasteiger partial charge in [0.1, 0.15) is 24.1 Å². The second kappa shape index (κ2) is 6.13. The first-order valence-corrected chi connectivity index (χ1v) is 7.06. The van der Waals surface area contributed by atoms with Crippen molar-refractivity contribution < 1.29 is 34.7 Å². The fourth-order valence-corrected chi connectivity index (χ4v) is 2.57. The topological polar surface area (TPSA) is 116 Å². The normalized spacial score (nSPS) is 31.0. The third-order valence-corrected chi connectivity index (χ3v) is 3.81. The Kier molecular flexibility index (Phi) is 4.18. The van der Waals surface area contributed by atoms with Gasteiger partial charge in [0.2, 0.25) is 6.29 Å². The summed E-state index contributed by atoms with van der Waals surface area (Å²) in [6.07, 6.45) is -8.12. The SMILES string of the molecule is O=C(O)[C@@H]1O[C@H](Oc2cccc3ccccc23)[C@@H](O)[C@H](O)[C@H]1O. The van der Waals surface area contributed by atoms with E-state index < -0.39 is 36.7 Å². The molecule has 7 heteroatoms. The molecule has 1 fully saturated rings. The van der Waals surface area contributed by atoms with Crippen LogP contribution in [0.4, 0.5) is 0 Å². The van der Waals surface area contributed by atoms with Crippen LogP contribution in [0.2, 0.25) is 0 Å². The molecular formula is C16H16O7. The van der Waals surface area contributed by atoms with E-state index in [9.17, 15) is 20.1 Å². The highest BCUT2D eigenvalue weighted by Crippen LogP contribution is 2.29. The van der Waals surface area contributed by atoms with Crippen molar-refractivity contribution >= 4 is 16.7 Å². The molecule has 0 aromatic heterocycles. The number of rotatable bonds is 3. The number of carboxylic acids is 1. The summed E-state index contributed by atoms with van der Waals surface area (Å²) in [4.78, 5) is 11.1. The van der Waals surface area contributed by atoms with Crippen LogP contribution < -0.4 is 4.74 Å². The molecule has 0 amide bonds. The monoisotopic (exact) mass is 320 g/mol. The smallest absolute Gasteiger partial charge is 0.335 e. The number of hydrogen-bond donors (Lipinski definition) is 4. The zero-order valence-electron chi connectivity index (χ0n) is 11.9. The predicted molar refractivity (Wildman–Crippen MR) is 78.9 cm³/mol. The molecule has 0 saturated carbocycles. The van der Waals surface area contributed by atoms with Crippen molar-refractivity contribution in [3.63, 3.8) is 0 Å². The summed E-state index contributed by atoms with van der Waals surface area (Å²) in [5.41, 5.74) is 0. The Hall–Kier alpha value is -2.19. The lowest BCUT2D eigenvalue weighted by Gasteiger charge is -2.38. The highest BCUT2D eigenvalue weighted by atomic mass is 16.7. The largest absolute Gasteiger partial charge is 0.479 e. The zero-order chi connectivity index (χ0) is 16.6. The number of fused-ring (bicyclic) bond motifs is 1. The van der Waals surface area contributed by atoms with Gasteiger partial charge < -0.3 is 29.9 Å². The Bertz CT molecular complexity index is 711. The zero-order valence-corrected chi connectivity index (χ0v) is 11.9. The molecule has 23 heavy (non-hydrogen) atoms. The maximum Gasteiger partial charge on any atom is 0.335 e. The van der Waals surface area contributed by atoms with Crippen molar-refractivity contribution in [3.05, 3.63) is 42.5 Å². The van der Waals surface area contributed by atoms with Gasteiger partial charge in [-0.3, -0.25) is 0 Å². The highest BCUT2D eigenvalue weighted by Gasteiger charge is 2.48. The van der Waals surface area contributed by atoms with E-state index in [2.05, 4.69) is 0 Å². The first kappa shape index (κ1) is 15.7. The van der Waals surface area contributed by atoms with Crippen molar-refractivity contribution in [1.82, 2.24) is 0 Å². The Morgan fingerprint density at radius 3 is 2.39 bits per heavy atom. The lowest BCUT2D eigenvalue weighted by atomic mass is 9.99. The Labute approximate surface area is 131 Å². The average molecular weight is 320 g/mol. The maximum absolute atomic E-state index is 11.1. The third-order valence-electron chi connectivity index (χ3n) is 3.81. The minimum absolute atomic E-state index is 0.375. The molecule has 1 aliphatic rings. The van der Waals surface area contributed by atoms with E-state index in [1.807, 2.05) is 24.3 Å². The average Bonchev–Trinajstić information content (AvgIpc) is 2.55. The van der Waals surface area contributed by atoms with Crippen LogP contribution in [0.1, 0.15) is 0 Å². The Morgan fingerprint density at radius 2 is 1.65 bits per heavy atom. The second-order valence-corrected chi connectivity index (χ2v) is 5.33. The summed E-state index contributed by atoms with van der Waals surface area (Å²) in [5, 5.41) is 40.1. The standard InChI is InChI=1S/C16H16O7/c17-11-12(18)14(15(20)21)23-16(13(11)19)22-10-7-3-5-8-4-1-2-6-9(8)10/h1-7,11-14,16-19H,(H,20,21)/t11-,12-,13+,14-,16+/m1/s1. The van der Waals surface area contributed by atoms with Crippen LogP contribution in [0.15, 0.2) is 42.5 Å². The van der Waals surface area contributed by atoms with E-state index in [0.717, 1.165) is 10.8 Å². The molecule has 3 rings (SSSR count). The maximum atomic E-state index is 11.1. The molecule has 7 nitrogen and oxygen atoms in total. The van der Waals surface area contributed by atoms with Crippen molar-refractivity contribution in [2.45, 2.75) is 30.7 Å². The van der Waals surface area contributed by atoms with Gasteiger partial charge in [0.05, 0.1) is 0 Å². The van der Waals surface area contributed by atoms with E-state index in [1.54, 1.807) is 18.2 Å². The summed E-state index contributed by atoms with van der Waals surface area (Å²) in [6.45, 7) is 0. The van der Waals surface area contributed by atoms with Gasteiger partial charge in [0, 0.05) is 5.39 Å². The van der Waals surface area contributed by atoms with E-state index in [-0.39, 0.29) is 0 Å². The molecule has 0 bridgehead atoms. The molecular weight excluding hydrogens is 304 g/mol. The molecule has 0 spiro atoms. The molecule has 1 heterocycles. The summed E-state index contributed by atoms with van der Waals surface area (Å²) >= 11 is 0. The van der Waals surface area contributed by atoms with Gasteiger partial charge in [-0.1, -0.05) is 36.4 Å². The van der Waals surface area contributed by atoms with Crippen molar-refractivity contribution in [1.29, 1.82) is 0 Å². The van der Waals surface area contributed by atoms with Crippen LogP contribution in [0.5, 0.6) is 5.75 Å². The summed E-state index contributed by atoms with van der Waals surface area (Å²) in [7, 11) is 0. The minimum atomic E-state index is -1.74. The first-order chi connectivity index (χ1) is 11.0. The molecule has 122 valence electrons. The van der Waals surface area contributed by atoms with Gasteiger partial charge in [-0.05, 0) is 11.5 Å². The molecule has 2 aromatic carbocycles. The summed E-state index contributed by atoms with van der Waals surface area (Å²) < 4.78 is 10.7. The number of benzene rings is 2. The van der Waals surface area contributed by atoms with Crippen LogP contribution in [0.3, 0.4) is 0 Å². The van der Waals surface area contributed by atoms with Crippen molar-refractivity contribution in [3.8, 4) is 5.75 Å². The van der Waals surface area contributed by atoms with Crippen molar-refractivity contribution in [2.75, 3.05) is 0 Å². The van der Waals surface area contributed by atoms with Crippen LogP contribution in [0.25, 0.3) is 10.8 Å². The van der Waals surface area contributed by atoms with Gasteiger partial charge in [-0.15, -0.1) is 0 Å². The van der Waals surface area contributed by atoms with Crippen molar-refractivity contribution in [2.24, 2.45) is 0 Å². The van der Waals surface area contributed by atoms with Crippen LogP contribution in [-0.4, -0.2) is 57.1 Å². The van der Waals surface area contributed by atoms with Crippen LogP contribution >= 0.6 is 0 Å². The Morgan fingerprint density at radius 1 is 0.957 bits per heavy atom. The number of ether oxygens (including phenoxy) is 2. The molecule has 0 aliphatic carbocycles. The summed E-state index contributed by atoms with van der Waals surface area (Å²) in [6, 6.07) is 12.6. The van der Waals surface area contributed by atoms with Gasteiger partial charge in [0.15, 0.2) is 6.10 Å². The van der Waals surface area contributed by atoms with Gasteiger partial charge in [-0.2, -0.15) is 0 Å².